The Morgan fingerprint density at radius 2 is 2.21 bits per heavy atom. The number of ether oxygens (including phenoxy) is 1. The molecule has 5 nitrogen and oxygen atoms in total. The fourth-order valence-corrected chi connectivity index (χ4v) is 3.09. The second kappa shape index (κ2) is 6.47. The van der Waals surface area contributed by atoms with Crippen LogP contribution in [0.1, 0.15) is 18.0 Å². The molecule has 1 atom stereocenters. The molecular weight excluding hydrogens is 264 g/mol. The van der Waals surface area contributed by atoms with Gasteiger partial charge in [0.15, 0.2) is 0 Å². The summed E-state index contributed by atoms with van der Waals surface area (Å²) in [5.41, 5.74) is 1.14. The molecule has 0 unspecified atom stereocenters. The maximum absolute atomic E-state index is 11.8. The molecule has 19 heavy (non-hydrogen) atoms. The van der Waals surface area contributed by atoms with Crippen molar-refractivity contribution in [3.63, 3.8) is 0 Å². The third-order valence-corrected chi connectivity index (χ3v) is 4.00. The van der Waals surface area contributed by atoms with Crippen LogP contribution in [-0.2, 0) is 9.53 Å². The second-order valence-electron chi connectivity index (χ2n) is 4.14. The van der Waals surface area contributed by atoms with Crippen LogP contribution in [0.2, 0.25) is 0 Å². The summed E-state index contributed by atoms with van der Waals surface area (Å²) < 4.78 is 4.41. The van der Waals surface area contributed by atoms with E-state index in [4.69, 9.17) is 0 Å². The molecule has 1 heterocycles. The van der Waals surface area contributed by atoms with Gasteiger partial charge in [-0.1, -0.05) is 18.2 Å². The summed E-state index contributed by atoms with van der Waals surface area (Å²) in [5.74, 6) is 0.768. The molecule has 2 amide bonds. The van der Waals surface area contributed by atoms with E-state index in [1.54, 1.807) is 11.8 Å². The van der Waals surface area contributed by atoms with Gasteiger partial charge in [-0.05, 0) is 18.1 Å². The van der Waals surface area contributed by atoms with Crippen LogP contribution in [0, 0.1) is 0 Å². The van der Waals surface area contributed by atoms with Crippen molar-refractivity contribution in [3.05, 3.63) is 29.8 Å². The third kappa shape index (κ3) is 3.64. The van der Waals surface area contributed by atoms with E-state index in [-0.39, 0.29) is 18.5 Å². The highest BCUT2D eigenvalue weighted by Gasteiger charge is 2.21. The highest BCUT2D eigenvalue weighted by atomic mass is 32.2. The molecule has 1 aliphatic rings. The largest absolute Gasteiger partial charge is 0.453 e. The molecule has 6 heteroatoms. The molecule has 0 bridgehead atoms. The van der Waals surface area contributed by atoms with E-state index in [1.807, 2.05) is 18.2 Å². The van der Waals surface area contributed by atoms with Crippen LogP contribution in [0.3, 0.4) is 0 Å². The Labute approximate surface area is 116 Å². The zero-order valence-electron chi connectivity index (χ0n) is 10.6. The molecule has 1 aromatic carbocycles. The van der Waals surface area contributed by atoms with Gasteiger partial charge in [0.1, 0.15) is 6.54 Å². The maximum atomic E-state index is 11.8. The van der Waals surface area contributed by atoms with E-state index in [2.05, 4.69) is 21.4 Å². The average Bonchev–Trinajstić information content (AvgIpc) is 2.45. The second-order valence-corrected chi connectivity index (χ2v) is 5.28. The fraction of sp³-hybridized carbons (Fsp3) is 0.385. The zero-order chi connectivity index (χ0) is 13.7. The minimum Gasteiger partial charge on any atom is -0.453 e. The number of carbonyl (C=O) groups is 2. The quantitative estimate of drug-likeness (QED) is 0.884. The Kier molecular flexibility index (Phi) is 4.68. The van der Waals surface area contributed by atoms with Gasteiger partial charge in [0.2, 0.25) is 5.91 Å². The topological polar surface area (TPSA) is 67.4 Å². The summed E-state index contributed by atoms with van der Waals surface area (Å²) >= 11 is 1.80. The number of carbonyl (C=O) groups excluding carboxylic acids is 2. The normalized spacial score (nSPS) is 17.2. The maximum Gasteiger partial charge on any atom is 0.407 e. The summed E-state index contributed by atoms with van der Waals surface area (Å²) in [7, 11) is 1.27. The molecule has 0 radical (unpaired) electrons. The summed E-state index contributed by atoms with van der Waals surface area (Å²) in [6.45, 7) is -0.0709. The first-order valence-electron chi connectivity index (χ1n) is 6.03. The first-order chi connectivity index (χ1) is 9.20. The standard InChI is InChI=1S/C13H16N2O3S/c1-18-13(17)14-8-12(16)15-10-6-7-19-11-5-3-2-4-9(10)11/h2-5,10H,6-8H2,1H3,(H,14,17)(H,15,16)/t10-/m0/s1. The van der Waals surface area contributed by atoms with Crippen LogP contribution in [-0.4, -0.2) is 31.4 Å². The lowest BCUT2D eigenvalue weighted by Gasteiger charge is -2.25. The number of nitrogens with one attached hydrogen (secondary N) is 2. The van der Waals surface area contributed by atoms with Crippen LogP contribution < -0.4 is 10.6 Å². The number of alkyl carbamates (subject to hydrolysis) is 1. The van der Waals surface area contributed by atoms with Crippen LogP contribution in [0.4, 0.5) is 4.79 Å². The SMILES string of the molecule is COC(=O)NCC(=O)N[C@H]1CCSc2ccccc21. The first kappa shape index (κ1) is 13.7. The van der Waals surface area contributed by atoms with E-state index in [1.165, 1.54) is 12.0 Å². The minimum atomic E-state index is -0.602. The summed E-state index contributed by atoms with van der Waals surface area (Å²) in [6, 6.07) is 8.07. The summed E-state index contributed by atoms with van der Waals surface area (Å²) in [4.78, 5) is 23.9. The van der Waals surface area contributed by atoms with Crippen molar-refractivity contribution in [1.29, 1.82) is 0 Å². The van der Waals surface area contributed by atoms with Gasteiger partial charge in [-0.25, -0.2) is 4.79 Å². The molecule has 1 aliphatic heterocycles. The summed E-state index contributed by atoms with van der Waals surface area (Å²) in [5, 5.41) is 5.30. The van der Waals surface area contributed by atoms with Gasteiger partial charge < -0.3 is 15.4 Å². The molecule has 0 saturated carbocycles. The van der Waals surface area contributed by atoms with Crippen LogP contribution in [0.5, 0.6) is 0 Å². The molecular formula is C13H16N2O3S. The number of hydrogen-bond acceptors (Lipinski definition) is 4. The fourth-order valence-electron chi connectivity index (χ4n) is 1.96. The van der Waals surface area contributed by atoms with E-state index >= 15 is 0 Å². The molecule has 2 rings (SSSR count). The van der Waals surface area contributed by atoms with Crippen molar-refractivity contribution in [1.82, 2.24) is 10.6 Å². The Morgan fingerprint density at radius 1 is 1.42 bits per heavy atom. The van der Waals surface area contributed by atoms with Crippen molar-refractivity contribution in [2.75, 3.05) is 19.4 Å². The molecule has 0 saturated heterocycles. The van der Waals surface area contributed by atoms with Gasteiger partial charge in [0.25, 0.3) is 0 Å². The predicted molar refractivity (Wildman–Crippen MR) is 73.1 cm³/mol. The Bertz CT molecular complexity index is 479. The minimum absolute atomic E-state index is 0.0180. The Balaban J connectivity index is 1.93. The van der Waals surface area contributed by atoms with Crippen LogP contribution in [0.15, 0.2) is 29.2 Å². The molecule has 0 fully saturated rings. The van der Waals surface area contributed by atoms with Gasteiger partial charge in [-0.2, -0.15) is 0 Å². The number of benzene rings is 1. The van der Waals surface area contributed by atoms with Crippen molar-refractivity contribution in [2.24, 2.45) is 0 Å². The molecule has 1 aromatic rings. The van der Waals surface area contributed by atoms with Gasteiger partial charge in [0.05, 0.1) is 13.2 Å². The van der Waals surface area contributed by atoms with Gasteiger partial charge in [0, 0.05) is 10.6 Å². The Morgan fingerprint density at radius 3 is 3.00 bits per heavy atom. The number of rotatable bonds is 3. The molecule has 0 aromatic heterocycles. The van der Waals surface area contributed by atoms with E-state index < -0.39 is 6.09 Å². The average molecular weight is 280 g/mol. The number of fused-ring (bicyclic) bond motifs is 1. The van der Waals surface area contributed by atoms with Crippen molar-refractivity contribution >= 4 is 23.8 Å². The number of thioether (sulfide) groups is 1. The molecule has 2 N–H and O–H groups in total. The highest BCUT2D eigenvalue weighted by molar-refractivity contribution is 7.99. The predicted octanol–water partition coefficient (Wildman–Crippen LogP) is 1.70. The zero-order valence-corrected chi connectivity index (χ0v) is 11.5. The van der Waals surface area contributed by atoms with E-state index in [9.17, 15) is 9.59 Å². The highest BCUT2D eigenvalue weighted by Crippen LogP contribution is 2.35. The van der Waals surface area contributed by atoms with E-state index in [0.29, 0.717) is 0 Å². The van der Waals surface area contributed by atoms with Gasteiger partial charge in [-0.15, -0.1) is 11.8 Å². The van der Waals surface area contributed by atoms with Gasteiger partial charge >= 0.3 is 6.09 Å². The van der Waals surface area contributed by atoms with Crippen molar-refractivity contribution < 1.29 is 14.3 Å². The molecule has 0 aliphatic carbocycles. The third-order valence-electron chi connectivity index (χ3n) is 2.87. The lowest BCUT2D eigenvalue weighted by Crippen LogP contribution is -2.39. The smallest absolute Gasteiger partial charge is 0.407 e. The van der Waals surface area contributed by atoms with Crippen molar-refractivity contribution in [3.8, 4) is 0 Å². The molecule has 102 valence electrons. The van der Waals surface area contributed by atoms with Crippen LogP contribution >= 0.6 is 11.8 Å². The lowest BCUT2D eigenvalue weighted by molar-refractivity contribution is -0.121. The van der Waals surface area contributed by atoms with Crippen molar-refractivity contribution in [2.45, 2.75) is 17.4 Å². The monoisotopic (exact) mass is 280 g/mol. The lowest BCUT2D eigenvalue weighted by atomic mass is 10.0. The first-order valence-corrected chi connectivity index (χ1v) is 7.02. The molecule has 0 spiro atoms. The van der Waals surface area contributed by atoms with E-state index in [0.717, 1.165) is 17.7 Å². The Hall–Kier alpha value is -1.69. The van der Waals surface area contributed by atoms with Gasteiger partial charge in [-0.3, -0.25) is 4.79 Å². The number of amides is 2. The number of hydrogen-bond donors (Lipinski definition) is 2. The number of methoxy groups -OCH3 is 1. The van der Waals surface area contributed by atoms with Crippen LogP contribution in [0.25, 0.3) is 0 Å². The summed E-state index contributed by atoms with van der Waals surface area (Å²) in [6.07, 6.45) is 0.292.